The first-order chi connectivity index (χ1) is 12.2. The van der Waals surface area contributed by atoms with Crippen LogP contribution in [0.25, 0.3) is 16.8 Å². The van der Waals surface area contributed by atoms with E-state index < -0.39 is 0 Å². The van der Waals surface area contributed by atoms with E-state index in [-0.39, 0.29) is 12.6 Å². The minimum atomic E-state index is -0.385. The highest BCUT2D eigenvalue weighted by atomic mass is 16.5. The van der Waals surface area contributed by atoms with Crippen LogP contribution in [0, 0.1) is 6.92 Å². The van der Waals surface area contributed by atoms with E-state index in [9.17, 15) is 4.79 Å². The highest BCUT2D eigenvalue weighted by molar-refractivity contribution is 5.94. The van der Waals surface area contributed by atoms with Crippen LogP contribution in [0.1, 0.15) is 11.1 Å². The summed E-state index contributed by atoms with van der Waals surface area (Å²) in [6.07, 6.45) is 1.82. The van der Waals surface area contributed by atoms with Crippen molar-refractivity contribution >= 4 is 22.8 Å². The third-order valence-electron chi connectivity index (χ3n) is 4.08. The van der Waals surface area contributed by atoms with E-state index in [4.69, 9.17) is 9.47 Å². The highest BCUT2D eigenvalue weighted by Crippen LogP contribution is 2.21. The van der Waals surface area contributed by atoms with E-state index in [1.165, 1.54) is 7.11 Å². The van der Waals surface area contributed by atoms with Crippen molar-refractivity contribution in [1.82, 2.24) is 0 Å². The summed E-state index contributed by atoms with van der Waals surface area (Å²) in [5.41, 5.74) is 2.55. The van der Waals surface area contributed by atoms with Crippen LogP contribution in [0.5, 0.6) is 5.75 Å². The molecule has 3 aromatic rings. The zero-order chi connectivity index (χ0) is 17.6. The fourth-order valence-electron chi connectivity index (χ4n) is 2.65. The summed E-state index contributed by atoms with van der Waals surface area (Å²) in [7, 11) is 1.38. The Morgan fingerprint density at radius 2 is 1.68 bits per heavy atom. The van der Waals surface area contributed by atoms with Gasteiger partial charge in [0.25, 0.3) is 0 Å². The first-order valence-electron chi connectivity index (χ1n) is 8.13. The number of hydrogen-bond acceptors (Lipinski definition) is 3. The lowest BCUT2D eigenvalue weighted by Crippen LogP contribution is -2.12. The topological polar surface area (TPSA) is 35.5 Å². The Hall–Kier alpha value is -3.07. The molecule has 0 atom stereocenters. The number of rotatable bonds is 5. The molecule has 0 N–H and O–H groups in total. The second kappa shape index (κ2) is 7.67. The molecule has 0 fully saturated rings. The van der Waals surface area contributed by atoms with Crippen LogP contribution < -0.4 is 4.74 Å². The smallest absolute Gasteiger partial charge is 0.337 e. The number of ether oxygens (including phenoxy) is 2. The molecule has 3 nitrogen and oxygen atoms in total. The van der Waals surface area contributed by atoms with E-state index >= 15 is 0 Å². The largest absolute Gasteiger partial charge is 0.489 e. The summed E-state index contributed by atoms with van der Waals surface area (Å²) in [5, 5.41) is 2.25. The van der Waals surface area contributed by atoms with Gasteiger partial charge in [-0.3, -0.25) is 0 Å². The quantitative estimate of drug-likeness (QED) is 0.498. The minimum absolute atomic E-state index is 0.152. The molecule has 0 heterocycles. The predicted molar refractivity (Wildman–Crippen MR) is 101 cm³/mol. The minimum Gasteiger partial charge on any atom is -0.489 e. The molecule has 0 aliphatic heterocycles. The first kappa shape index (κ1) is 16.8. The van der Waals surface area contributed by atoms with Crippen molar-refractivity contribution in [1.29, 1.82) is 0 Å². The maximum atomic E-state index is 12.1. The zero-order valence-corrected chi connectivity index (χ0v) is 14.4. The summed E-state index contributed by atoms with van der Waals surface area (Å²) in [6.45, 7) is 2.16. The number of aryl methyl sites for hydroxylation is 1. The molecule has 25 heavy (non-hydrogen) atoms. The van der Waals surface area contributed by atoms with Crippen molar-refractivity contribution in [3.05, 3.63) is 83.4 Å². The second-order valence-electron chi connectivity index (χ2n) is 5.82. The normalized spacial score (nSPS) is 11.4. The highest BCUT2D eigenvalue weighted by Gasteiger charge is 2.12. The molecule has 0 saturated heterocycles. The average molecular weight is 332 g/mol. The Kier molecular flexibility index (Phi) is 5.14. The van der Waals surface area contributed by atoms with Crippen LogP contribution in [0.2, 0.25) is 0 Å². The van der Waals surface area contributed by atoms with Crippen LogP contribution in [0.3, 0.4) is 0 Å². The fourth-order valence-corrected chi connectivity index (χ4v) is 2.65. The summed E-state index contributed by atoms with van der Waals surface area (Å²) in [6, 6.07) is 21.8. The second-order valence-corrected chi connectivity index (χ2v) is 5.82. The molecule has 0 saturated carbocycles. The Labute approximate surface area is 147 Å². The lowest BCUT2D eigenvalue weighted by molar-refractivity contribution is -0.136. The van der Waals surface area contributed by atoms with Crippen molar-refractivity contribution in [2.45, 2.75) is 6.92 Å². The standard InChI is InChI=1S/C22H20O3/c1-16-7-3-4-9-18(16)13-20(22(23)24-2)15-25-21-12-11-17-8-5-6-10-19(17)14-21/h3-14H,15H2,1-2H3/b20-13+. The third-order valence-corrected chi connectivity index (χ3v) is 4.08. The lowest BCUT2D eigenvalue weighted by Gasteiger charge is -2.10. The summed E-state index contributed by atoms with van der Waals surface area (Å²) < 4.78 is 10.7. The molecule has 0 aliphatic carbocycles. The van der Waals surface area contributed by atoms with Crippen LogP contribution >= 0.6 is 0 Å². The van der Waals surface area contributed by atoms with Gasteiger partial charge in [0.1, 0.15) is 12.4 Å². The fraction of sp³-hybridized carbons (Fsp3) is 0.136. The Morgan fingerprint density at radius 3 is 2.44 bits per heavy atom. The number of esters is 1. The molecule has 0 bridgehead atoms. The molecular formula is C22H20O3. The number of benzene rings is 3. The molecule has 126 valence electrons. The monoisotopic (exact) mass is 332 g/mol. The van der Waals surface area contributed by atoms with Crippen molar-refractivity contribution in [3.8, 4) is 5.75 Å². The summed E-state index contributed by atoms with van der Waals surface area (Å²) in [5.74, 6) is 0.335. The number of carbonyl (C=O) groups excluding carboxylic acids is 1. The van der Waals surface area contributed by atoms with Gasteiger partial charge < -0.3 is 9.47 Å². The van der Waals surface area contributed by atoms with Gasteiger partial charge in [-0.1, -0.05) is 54.6 Å². The molecule has 0 amide bonds. The van der Waals surface area contributed by atoms with Crippen molar-refractivity contribution in [2.75, 3.05) is 13.7 Å². The maximum Gasteiger partial charge on any atom is 0.337 e. The maximum absolute atomic E-state index is 12.1. The predicted octanol–water partition coefficient (Wildman–Crippen LogP) is 4.78. The number of carbonyl (C=O) groups is 1. The van der Waals surface area contributed by atoms with Crippen LogP contribution in [-0.4, -0.2) is 19.7 Å². The average Bonchev–Trinajstić information content (AvgIpc) is 2.65. The van der Waals surface area contributed by atoms with Gasteiger partial charge in [0, 0.05) is 0 Å². The molecule has 3 rings (SSSR count). The Balaban J connectivity index is 1.83. The van der Waals surface area contributed by atoms with Crippen LogP contribution in [0.4, 0.5) is 0 Å². The molecule has 0 radical (unpaired) electrons. The van der Waals surface area contributed by atoms with Gasteiger partial charge in [-0.25, -0.2) is 4.79 Å². The van der Waals surface area contributed by atoms with E-state index in [0.29, 0.717) is 5.57 Å². The van der Waals surface area contributed by atoms with Gasteiger partial charge in [-0.2, -0.15) is 0 Å². The third kappa shape index (κ3) is 4.07. The molecule has 0 aromatic heterocycles. The molecule has 0 unspecified atom stereocenters. The van der Waals surface area contributed by atoms with Crippen molar-refractivity contribution < 1.29 is 14.3 Å². The van der Waals surface area contributed by atoms with E-state index in [1.54, 1.807) is 0 Å². The number of fused-ring (bicyclic) bond motifs is 1. The Morgan fingerprint density at radius 1 is 0.960 bits per heavy atom. The van der Waals surface area contributed by atoms with Gasteiger partial charge >= 0.3 is 5.97 Å². The number of methoxy groups -OCH3 is 1. The molecule has 3 aromatic carbocycles. The van der Waals surface area contributed by atoms with E-state index in [1.807, 2.05) is 73.7 Å². The summed E-state index contributed by atoms with van der Waals surface area (Å²) in [4.78, 5) is 12.1. The zero-order valence-electron chi connectivity index (χ0n) is 14.4. The van der Waals surface area contributed by atoms with Crippen LogP contribution in [0.15, 0.2) is 72.3 Å². The van der Waals surface area contributed by atoms with E-state index in [2.05, 4.69) is 6.07 Å². The van der Waals surface area contributed by atoms with Gasteiger partial charge in [0.2, 0.25) is 0 Å². The van der Waals surface area contributed by atoms with Crippen molar-refractivity contribution in [2.24, 2.45) is 0 Å². The summed E-state index contributed by atoms with van der Waals surface area (Å²) >= 11 is 0. The van der Waals surface area contributed by atoms with E-state index in [0.717, 1.165) is 27.6 Å². The van der Waals surface area contributed by atoms with Gasteiger partial charge in [0.05, 0.1) is 12.7 Å². The van der Waals surface area contributed by atoms with Crippen molar-refractivity contribution in [3.63, 3.8) is 0 Å². The molecule has 0 aliphatic rings. The molecular weight excluding hydrogens is 312 g/mol. The SMILES string of the molecule is COC(=O)/C(=C/c1ccccc1C)COc1ccc2ccccc2c1. The van der Waals surface area contributed by atoms with Gasteiger partial charge in [-0.15, -0.1) is 0 Å². The lowest BCUT2D eigenvalue weighted by atomic mass is 10.1. The molecule has 3 heteroatoms. The van der Waals surface area contributed by atoms with Crippen LogP contribution in [-0.2, 0) is 9.53 Å². The van der Waals surface area contributed by atoms with Gasteiger partial charge in [-0.05, 0) is 47.0 Å². The Bertz CT molecular complexity index is 925. The molecule has 0 spiro atoms. The number of hydrogen-bond donors (Lipinski definition) is 0. The first-order valence-corrected chi connectivity index (χ1v) is 8.13. The van der Waals surface area contributed by atoms with Gasteiger partial charge in [0.15, 0.2) is 0 Å².